The van der Waals surface area contributed by atoms with E-state index in [-0.39, 0.29) is 11.2 Å². The van der Waals surface area contributed by atoms with Gasteiger partial charge in [0.1, 0.15) is 0 Å². The fourth-order valence-corrected chi connectivity index (χ4v) is 4.17. The Bertz CT molecular complexity index is 1110. The highest BCUT2D eigenvalue weighted by atomic mass is 16.2. The Morgan fingerprint density at radius 3 is 2.66 bits per heavy atom. The van der Waals surface area contributed by atoms with Crippen LogP contribution in [-0.4, -0.2) is 61.2 Å². The van der Waals surface area contributed by atoms with Crippen LogP contribution in [0.2, 0.25) is 0 Å². The average Bonchev–Trinajstić information content (AvgIpc) is 3.37. The summed E-state index contributed by atoms with van der Waals surface area (Å²) in [6.45, 7) is 4.62. The molecule has 3 heterocycles. The van der Waals surface area contributed by atoms with Crippen LogP contribution in [0.3, 0.4) is 0 Å². The SMILES string of the molecule is CN(CCn1cnc2c1c(=O)n(C)c(=O)n2C)[C@H]1CCN(Cc2ccccc2)C1. The van der Waals surface area contributed by atoms with Crippen molar-refractivity contribution in [3.05, 3.63) is 63.1 Å². The van der Waals surface area contributed by atoms with E-state index in [2.05, 4.69) is 52.2 Å². The number of hydrogen-bond donors (Lipinski definition) is 0. The quantitative estimate of drug-likeness (QED) is 0.612. The lowest BCUT2D eigenvalue weighted by atomic mass is 10.2. The monoisotopic (exact) mass is 396 g/mol. The summed E-state index contributed by atoms with van der Waals surface area (Å²) >= 11 is 0. The molecule has 0 bridgehead atoms. The molecule has 0 N–H and O–H groups in total. The van der Waals surface area contributed by atoms with Crippen molar-refractivity contribution < 1.29 is 0 Å². The first kappa shape index (κ1) is 19.6. The van der Waals surface area contributed by atoms with Gasteiger partial charge in [-0.3, -0.25) is 18.8 Å². The van der Waals surface area contributed by atoms with E-state index < -0.39 is 0 Å². The molecule has 0 unspecified atom stereocenters. The number of aromatic nitrogens is 4. The van der Waals surface area contributed by atoms with Crippen molar-refractivity contribution in [1.82, 2.24) is 28.5 Å². The normalized spacial score (nSPS) is 17.6. The molecule has 1 atom stereocenters. The maximum Gasteiger partial charge on any atom is 0.332 e. The summed E-state index contributed by atoms with van der Waals surface area (Å²) in [5.41, 5.74) is 1.63. The Labute approximate surface area is 169 Å². The maximum absolute atomic E-state index is 12.6. The second kappa shape index (κ2) is 7.96. The van der Waals surface area contributed by atoms with Gasteiger partial charge in [-0.1, -0.05) is 30.3 Å². The largest absolute Gasteiger partial charge is 0.332 e. The molecule has 2 aromatic heterocycles. The van der Waals surface area contributed by atoms with Crippen molar-refractivity contribution in [1.29, 1.82) is 0 Å². The molecule has 1 saturated heterocycles. The molecular formula is C21H28N6O2. The summed E-state index contributed by atoms with van der Waals surface area (Å²) in [5.74, 6) is 0. The van der Waals surface area contributed by atoms with Crippen LogP contribution in [0, 0.1) is 0 Å². The molecule has 1 fully saturated rings. The van der Waals surface area contributed by atoms with Gasteiger partial charge in [0.2, 0.25) is 0 Å². The van der Waals surface area contributed by atoms with Gasteiger partial charge in [-0.2, -0.15) is 0 Å². The maximum atomic E-state index is 12.6. The molecule has 29 heavy (non-hydrogen) atoms. The minimum absolute atomic E-state index is 0.293. The number of likely N-dealkylation sites (N-methyl/N-ethyl adjacent to an activating group) is 1. The smallest absolute Gasteiger partial charge is 0.323 e. The Balaban J connectivity index is 1.41. The highest BCUT2D eigenvalue weighted by molar-refractivity contribution is 5.69. The molecular weight excluding hydrogens is 368 g/mol. The van der Waals surface area contributed by atoms with Gasteiger partial charge < -0.3 is 9.47 Å². The fraction of sp³-hybridized carbons (Fsp3) is 0.476. The molecule has 8 nitrogen and oxygen atoms in total. The topological polar surface area (TPSA) is 68.3 Å². The molecule has 0 spiro atoms. The van der Waals surface area contributed by atoms with Crippen LogP contribution in [0.25, 0.3) is 11.2 Å². The number of rotatable bonds is 6. The van der Waals surface area contributed by atoms with Crippen molar-refractivity contribution >= 4 is 11.2 Å². The molecule has 1 aromatic carbocycles. The standard InChI is InChI=1S/C21H28N6O2/c1-23(17-9-10-26(14-17)13-16-7-5-4-6-8-16)11-12-27-15-22-19-18(27)20(28)25(3)21(29)24(19)2/h4-8,15,17H,9-14H2,1-3H3/t17-/m0/s1. The molecule has 4 rings (SSSR count). The predicted octanol–water partition coefficient (Wildman–Crippen LogP) is 0.640. The Kier molecular flexibility index (Phi) is 5.38. The van der Waals surface area contributed by atoms with Gasteiger partial charge in [-0.05, 0) is 19.0 Å². The van der Waals surface area contributed by atoms with Crippen molar-refractivity contribution in [2.24, 2.45) is 14.1 Å². The van der Waals surface area contributed by atoms with Crippen LogP contribution in [-0.2, 0) is 27.2 Å². The van der Waals surface area contributed by atoms with Crippen LogP contribution in [0.4, 0.5) is 0 Å². The van der Waals surface area contributed by atoms with Gasteiger partial charge in [0.05, 0.1) is 6.33 Å². The highest BCUT2D eigenvalue weighted by Gasteiger charge is 2.25. The van der Waals surface area contributed by atoms with Crippen LogP contribution in [0.15, 0.2) is 46.2 Å². The van der Waals surface area contributed by atoms with E-state index in [4.69, 9.17) is 0 Å². The number of likely N-dealkylation sites (tertiary alicyclic amines) is 1. The molecule has 0 aliphatic carbocycles. The summed E-state index contributed by atoms with van der Waals surface area (Å²) in [4.78, 5) is 33.8. The number of fused-ring (bicyclic) bond motifs is 1. The third kappa shape index (κ3) is 3.77. The van der Waals surface area contributed by atoms with Gasteiger partial charge in [0, 0.05) is 52.9 Å². The zero-order chi connectivity index (χ0) is 20.5. The van der Waals surface area contributed by atoms with E-state index in [1.807, 2.05) is 4.57 Å². The van der Waals surface area contributed by atoms with Gasteiger partial charge >= 0.3 is 5.69 Å². The minimum Gasteiger partial charge on any atom is -0.323 e. The Hall–Kier alpha value is -2.71. The van der Waals surface area contributed by atoms with Gasteiger partial charge in [-0.25, -0.2) is 9.78 Å². The van der Waals surface area contributed by atoms with Crippen LogP contribution < -0.4 is 11.2 Å². The summed E-state index contributed by atoms with van der Waals surface area (Å²) < 4.78 is 4.43. The lowest BCUT2D eigenvalue weighted by molar-refractivity contribution is 0.223. The molecule has 1 aliphatic heterocycles. The number of hydrogen-bond acceptors (Lipinski definition) is 5. The minimum atomic E-state index is -0.352. The summed E-state index contributed by atoms with van der Waals surface area (Å²) in [6.07, 6.45) is 2.81. The number of imidazole rings is 1. The predicted molar refractivity (Wildman–Crippen MR) is 113 cm³/mol. The van der Waals surface area contributed by atoms with E-state index in [1.54, 1.807) is 13.4 Å². The second-order valence-corrected chi connectivity index (χ2v) is 7.96. The zero-order valence-corrected chi connectivity index (χ0v) is 17.3. The number of benzene rings is 1. The van der Waals surface area contributed by atoms with Crippen molar-refractivity contribution in [2.75, 3.05) is 26.7 Å². The van der Waals surface area contributed by atoms with Crippen molar-refractivity contribution in [3.8, 4) is 0 Å². The molecule has 8 heteroatoms. The first-order valence-electron chi connectivity index (χ1n) is 10.0. The molecule has 0 radical (unpaired) electrons. The van der Waals surface area contributed by atoms with Gasteiger partial charge in [0.25, 0.3) is 5.56 Å². The van der Waals surface area contributed by atoms with E-state index in [9.17, 15) is 9.59 Å². The van der Waals surface area contributed by atoms with Gasteiger partial charge in [0.15, 0.2) is 11.2 Å². The van der Waals surface area contributed by atoms with Crippen LogP contribution in [0.1, 0.15) is 12.0 Å². The molecule has 3 aromatic rings. The Morgan fingerprint density at radius 1 is 1.14 bits per heavy atom. The number of aryl methyl sites for hydroxylation is 1. The summed E-state index contributed by atoms with van der Waals surface area (Å²) in [5, 5.41) is 0. The van der Waals surface area contributed by atoms with Crippen LogP contribution >= 0.6 is 0 Å². The summed E-state index contributed by atoms with van der Waals surface area (Å²) in [6, 6.07) is 11.1. The highest BCUT2D eigenvalue weighted by Crippen LogP contribution is 2.17. The summed E-state index contributed by atoms with van der Waals surface area (Å²) in [7, 11) is 5.30. The molecule has 0 saturated carbocycles. The second-order valence-electron chi connectivity index (χ2n) is 7.96. The van der Waals surface area contributed by atoms with E-state index in [0.717, 1.165) is 37.2 Å². The third-order valence-corrected chi connectivity index (χ3v) is 6.03. The van der Waals surface area contributed by atoms with Gasteiger partial charge in [-0.15, -0.1) is 0 Å². The third-order valence-electron chi connectivity index (χ3n) is 6.03. The van der Waals surface area contributed by atoms with Crippen LogP contribution in [0.5, 0.6) is 0 Å². The van der Waals surface area contributed by atoms with E-state index >= 15 is 0 Å². The molecule has 0 amide bonds. The molecule has 1 aliphatic rings. The van der Waals surface area contributed by atoms with Crippen molar-refractivity contribution in [2.45, 2.75) is 25.6 Å². The number of nitrogens with zero attached hydrogens (tertiary/aromatic N) is 6. The van der Waals surface area contributed by atoms with Crippen molar-refractivity contribution in [3.63, 3.8) is 0 Å². The Morgan fingerprint density at radius 2 is 1.90 bits per heavy atom. The first-order chi connectivity index (χ1) is 14.0. The van der Waals surface area contributed by atoms with E-state index in [1.165, 1.54) is 17.2 Å². The zero-order valence-electron chi connectivity index (χ0n) is 17.3. The lowest BCUT2D eigenvalue weighted by Gasteiger charge is -2.25. The van der Waals surface area contributed by atoms with E-state index in [0.29, 0.717) is 23.8 Å². The fourth-order valence-electron chi connectivity index (χ4n) is 4.17. The first-order valence-corrected chi connectivity index (χ1v) is 10.0. The molecule has 154 valence electrons. The lowest BCUT2D eigenvalue weighted by Crippen LogP contribution is -2.38. The average molecular weight is 396 g/mol.